The first-order valence-electron chi connectivity index (χ1n) is 3.89. The number of carboxylic acid groups (broad SMARTS) is 1. The number of aryl methyl sites for hydroxylation is 1. The highest BCUT2D eigenvalue weighted by atomic mass is 127. The van der Waals surface area contributed by atoms with E-state index in [1.54, 1.807) is 23.1 Å². The van der Waals surface area contributed by atoms with E-state index in [4.69, 9.17) is 5.11 Å². The number of carboxylic acids is 1. The highest BCUT2D eigenvalue weighted by Crippen LogP contribution is 2.11. The van der Waals surface area contributed by atoms with Gasteiger partial charge in [-0.2, -0.15) is 0 Å². The molecule has 0 saturated heterocycles. The first kappa shape index (κ1) is 11.7. The molecule has 1 heterocycles. The lowest BCUT2D eigenvalue weighted by Gasteiger charge is -2.03. The topological polar surface area (TPSA) is 59.3 Å². The molecule has 1 unspecified atom stereocenters. The van der Waals surface area contributed by atoms with Gasteiger partial charge in [0.2, 0.25) is 0 Å². The van der Waals surface area contributed by atoms with Gasteiger partial charge in [-0.1, -0.05) is 0 Å². The normalized spacial score (nSPS) is 12.7. The van der Waals surface area contributed by atoms with Crippen molar-refractivity contribution in [3.05, 3.63) is 21.5 Å². The van der Waals surface area contributed by atoms with Crippen LogP contribution in [0.25, 0.3) is 0 Å². The van der Waals surface area contributed by atoms with Crippen LogP contribution < -0.4 is 0 Å². The molecule has 14 heavy (non-hydrogen) atoms. The summed E-state index contributed by atoms with van der Waals surface area (Å²) in [7, 11) is -0.895. The van der Waals surface area contributed by atoms with Gasteiger partial charge in [0.05, 0.1) is 0 Å². The van der Waals surface area contributed by atoms with Crippen molar-refractivity contribution in [2.24, 2.45) is 0 Å². The molecule has 0 aliphatic carbocycles. The Hall–Kier alpha value is -0.370. The molecule has 4 nitrogen and oxygen atoms in total. The van der Waals surface area contributed by atoms with Crippen molar-refractivity contribution in [3.8, 4) is 0 Å². The van der Waals surface area contributed by atoms with Crippen molar-refractivity contribution in [1.29, 1.82) is 0 Å². The van der Waals surface area contributed by atoms with Gasteiger partial charge in [0, 0.05) is 39.1 Å². The summed E-state index contributed by atoms with van der Waals surface area (Å²) < 4.78 is 13.3. The van der Waals surface area contributed by atoms with E-state index in [-0.39, 0.29) is 5.69 Å². The molecule has 0 fully saturated rings. The standard InChI is InChI=1S/C8H10INO3S/c1-14(13)3-2-10-5-6(9)4-7(10)8(11)12/h4-5H,2-3H2,1H3,(H,11,12). The SMILES string of the molecule is CS(=O)CCn1cc(I)cc1C(=O)O. The van der Waals surface area contributed by atoms with E-state index in [0.717, 1.165) is 3.57 Å². The van der Waals surface area contributed by atoms with Gasteiger partial charge in [-0.25, -0.2) is 4.79 Å². The Balaban J connectivity index is 2.84. The molecule has 1 aromatic rings. The lowest BCUT2D eigenvalue weighted by Crippen LogP contribution is -2.11. The van der Waals surface area contributed by atoms with Crippen LogP contribution in [0.4, 0.5) is 0 Å². The zero-order chi connectivity index (χ0) is 10.7. The highest BCUT2D eigenvalue weighted by molar-refractivity contribution is 14.1. The largest absolute Gasteiger partial charge is 0.477 e. The van der Waals surface area contributed by atoms with Crippen LogP contribution in [0.15, 0.2) is 12.3 Å². The average Bonchev–Trinajstić information content (AvgIpc) is 2.43. The van der Waals surface area contributed by atoms with Crippen molar-refractivity contribution in [2.75, 3.05) is 12.0 Å². The molecule has 1 rings (SSSR count). The quantitative estimate of drug-likeness (QED) is 0.845. The summed E-state index contributed by atoms with van der Waals surface area (Å²) in [6, 6.07) is 1.60. The number of nitrogens with zero attached hydrogens (tertiary/aromatic N) is 1. The lowest BCUT2D eigenvalue weighted by molar-refractivity contribution is 0.0685. The van der Waals surface area contributed by atoms with E-state index in [1.807, 2.05) is 0 Å². The number of halogens is 1. The van der Waals surface area contributed by atoms with Crippen LogP contribution >= 0.6 is 22.6 Å². The third-order valence-corrected chi connectivity index (χ3v) is 3.05. The Labute approximate surface area is 97.9 Å². The molecule has 0 aliphatic heterocycles. The Morgan fingerprint density at radius 1 is 1.71 bits per heavy atom. The average molecular weight is 327 g/mol. The zero-order valence-electron chi connectivity index (χ0n) is 7.57. The van der Waals surface area contributed by atoms with Gasteiger partial charge in [-0.05, 0) is 28.7 Å². The predicted octanol–water partition coefficient (Wildman–Crippen LogP) is 1.17. The van der Waals surface area contributed by atoms with Gasteiger partial charge >= 0.3 is 5.97 Å². The minimum Gasteiger partial charge on any atom is -0.477 e. The van der Waals surface area contributed by atoms with Crippen LogP contribution in [0.2, 0.25) is 0 Å². The van der Waals surface area contributed by atoms with Gasteiger partial charge < -0.3 is 9.67 Å². The monoisotopic (exact) mass is 327 g/mol. The summed E-state index contributed by atoms with van der Waals surface area (Å²) in [6.07, 6.45) is 3.35. The molecule has 0 saturated carbocycles. The summed E-state index contributed by atoms with van der Waals surface area (Å²) in [4.78, 5) is 10.8. The number of hydrogen-bond acceptors (Lipinski definition) is 2. The van der Waals surface area contributed by atoms with E-state index < -0.39 is 16.8 Å². The molecule has 0 amide bonds. The van der Waals surface area contributed by atoms with Crippen LogP contribution in [0, 0.1) is 3.57 Å². The van der Waals surface area contributed by atoms with Crippen molar-refractivity contribution in [2.45, 2.75) is 6.54 Å². The van der Waals surface area contributed by atoms with Crippen LogP contribution in [0.1, 0.15) is 10.5 Å². The van der Waals surface area contributed by atoms with Crippen molar-refractivity contribution in [3.63, 3.8) is 0 Å². The second-order valence-corrected chi connectivity index (χ2v) is 5.62. The lowest BCUT2D eigenvalue weighted by atomic mass is 10.4. The van der Waals surface area contributed by atoms with E-state index >= 15 is 0 Å². The van der Waals surface area contributed by atoms with Gasteiger partial charge in [-0.3, -0.25) is 4.21 Å². The smallest absolute Gasteiger partial charge is 0.352 e. The first-order chi connectivity index (χ1) is 6.50. The fourth-order valence-corrected chi connectivity index (χ4v) is 2.15. The van der Waals surface area contributed by atoms with Gasteiger partial charge in [-0.15, -0.1) is 0 Å². The number of hydrogen-bond donors (Lipinski definition) is 1. The molecule has 0 bridgehead atoms. The van der Waals surface area contributed by atoms with Crippen LogP contribution in [0.5, 0.6) is 0 Å². The summed E-state index contributed by atoms with van der Waals surface area (Å²) in [6.45, 7) is 0.480. The Morgan fingerprint density at radius 2 is 2.36 bits per heavy atom. The minimum absolute atomic E-state index is 0.250. The molecule has 1 N–H and O–H groups in total. The highest BCUT2D eigenvalue weighted by Gasteiger charge is 2.11. The summed E-state index contributed by atoms with van der Waals surface area (Å²) in [5.41, 5.74) is 0.250. The summed E-state index contributed by atoms with van der Waals surface area (Å²) in [5.74, 6) is -0.472. The van der Waals surface area contributed by atoms with Crippen molar-refractivity contribution >= 4 is 39.4 Å². The Kier molecular flexibility index (Phi) is 4.11. The molecule has 0 aliphatic rings. The predicted molar refractivity (Wildman–Crippen MR) is 63.0 cm³/mol. The maximum absolute atomic E-state index is 10.9. The second-order valence-electron chi connectivity index (χ2n) is 2.82. The van der Waals surface area contributed by atoms with E-state index in [0.29, 0.717) is 12.3 Å². The van der Waals surface area contributed by atoms with Crippen LogP contribution in [-0.4, -0.2) is 31.9 Å². The van der Waals surface area contributed by atoms with Crippen molar-refractivity contribution in [1.82, 2.24) is 4.57 Å². The van der Waals surface area contributed by atoms with E-state index in [2.05, 4.69) is 22.6 Å². The molecular weight excluding hydrogens is 317 g/mol. The molecule has 0 radical (unpaired) electrons. The fraction of sp³-hybridized carbons (Fsp3) is 0.375. The van der Waals surface area contributed by atoms with E-state index in [1.165, 1.54) is 0 Å². The number of aromatic carboxylic acids is 1. The Morgan fingerprint density at radius 3 is 2.86 bits per heavy atom. The second kappa shape index (κ2) is 4.92. The van der Waals surface area contributed by atoms with Gasteiger partial charge in [0.25, 0.3) is 0 Å². The van der Waals surface area contributed by atoms with Crippen LogP contribution in [0.3, 0.4) is 0 Å². The number of carbonyl (C=O) groups is 1. The third kappa shape index (κ3) is 3.09. The molecule has 0 spiro atoms. The Bertz CT molecular complexity index is 375. The molecule has 6 heteroatoms. The summed E-state index contributed by atoms with van der Waals surface area (Å²) >= 11 is 2.06. The third-order valence-electron chi connectivity index (χ3n) is 1.70. The molecule has 78 valence electrons. The molecule has 1 atom stereocenters. The first-order valence-corrected chi connectivity index (χ1v) is 6.70. The van der Waals surface area contributed by atoms with E-state index in [9.17, 15) is 9.00 Å². The number of rotatable bonds is 4. The molecular formula is C8H10INO3S. The van der Waals surface area contributed by atoms with Crippen LogP contribution in [-0.2, 0) is 17.3 Å². The zero-order valence-corrected chi connectivity index (χ0v) is 10.5. The summed E-state index contributed by atoms with van der Waals surface area (Å²) in [5, 5.41) is 8.84. The van der Waals surface area contributed by atoms with Gasteiger partial charge in [0.1, 0.15) is 5.69 Å². The maximum Gasteiger partial charge on any atom is 0.352 e. The minimum atomic E-state index is -0.949. The van der Waals surface area contributed by atoms with Gasteiger partial charge in [0.15, 0.2) is 0 Å². The maximum atomic E-state index is 10.9. The van der Waals surface area contributed by atoms with Crippen molar-refractivity contribution < 1.29 is 14.1 Å². The fourth-order valence-electron chi connectivity index (χ4n) is 1.07. The number of aromatic nitrogens is 1. The molecule has 1 aromatic heterocycles. The molecule has 0 aromatic carbocycles.